The van der Waals surface area contributed by atoms with Crippen LogP contribution in [0.1, 0.15) is 39.5 Å². The van der Waals surface area contributed by atoms with Gasteiger partial charge in [0.25, 0.3) is 0 Å². The third-order valence-electron chi connectivity index (χ3n) is 4.61. The van der Waals surface area contributed by atoms with Gasteiger partial charge in [0.1, 0.15) is 18.1 Å². The maximum Gasteiger partial charge on any atom is 0.327 e. The number of rotatable bonds is 15. The highest BCUT2D eigenvalue weighted by molar-refractivity contribution is 7.80. The predicted octanol–water partition coefficient (Wildman–Crippen LogP) is -1.83. The number of hydrogen-bond acceptors (Lipinski definition) is 8. The van der Waals surface area contributed by atoms with Crippen molar-refractivity contribution in [2.24, 2.45) is 11.7 Å². The second-order valence-electron chi connectivity index (χ2n) is 7.15. The van der Waals surface area contributed by atoms with Gasteiger partial charge in [-0.25, -0.2) is 4.79 Å². The van der Waals surface area contributed by atoms with E-state index in [0.717, 1.165) is 0 Å². The van der Waals surface area contributed by atoms with E-state index in [9.17, 15) is 28.8 Å². The van der Waals surface area contributed by atoms with Crippen LogP contribution in [0.2, 0.25) is 0 Å². The highest BCUT2D eigenvalue weighted by Gasteiger charge is 2.33. The molecule has 8 N–H and O–H groups in total. The van der Waals surface area contributed by atoms with Gasteiger partial charge in [-0.2, -0.15) is 12.6 Å². The van der Waals surface area contributed by atoms with Gasteiger partial charge < -0.3 is 37.0 Å². The molecule has 0 saturated heterocycles. The second kappa shape index (κ2) is 14.2. The number of carbonyl (C=O) groups excluding carboxylic acids is 3. The van der Waals surface area contributed by atoms with Crippen LogP contribution >= 0.6 is 12.6 Å². The molecule has 3 amide bonds. The molecule has 0 heterocycles. The van der Waals surface area contributed by atoms with Crippen LogP contribution in [0, 0.1) is 5.92 Å². The molecule has 0 aromatic heterocycles. The minimum atomic E-state index is -1.62. The standard InChI is InChI=1S/C18H30N4O9S/c1-3-8(2)14(22-15(27)9(19)4-5-12(23)24)17(29)20-10(6-13(25)26)16(28)21-11(7-32)18(30)31/h8-11,14,32H,3-7,19H2,1-2H3,(H,20,29)(H,21,28)(H,22,27)(H,23,24)(H,25,26)(H,30,31). The van der Waals surface area contributed by atoms with Crippen LogP contribution in [0.15, 0.2) is 0 Å². The molecular formula is C18H30N4O9S. The van der Waals surface area contributed by atoms with E-state index in [0.29, 0.717) is 6.42 Å². The summed E-state index contributed by atoms with van der Waals surface area (Å²) >= 11 is 3.80. The quantitative estimate of drug-likeness (QED) is 0.123. The van der Waals surface area contributed by atoms with E-state index in [1.807, 2.05) is 0 Å². The summed E-state index contributed by atoms with van der Waals surface area (Å²) in [6.45, 7) is 3.36. The molecule has 0 radical (unpaired) electrons. The lowest BCUT2D eigenvalue weighted by Crippen LogP contribution is -2.59. The van der Waals surface area contributed by atoms with E-state index in [1.54, 1.807) is 13.8 Å². The molecule has 0 fully saturated rings. The zero-order valence-electron chi connectivity index (χ0n) is 17.7. The number of nitrogens with two attached hydrogens (primary N) is 1. The average molecular weight is 479 g/mol. The van der Waals surface area contributed by atoms with Crippen molar-refractivity contribution in [2.75, 3.05) is 5.75 Å². The molecule has 0 bridgehead atoms. The molecule has 32 heavy (non-hydrogen) atoms. The molecule has 0 aliphatic rings. The van der Waals surface area contributed by atoms with Gasteiger partial charge in [0.2, 0.25) is 17.7 Å². The highest BCUT2D eigenvalue weighted by Crippen LogP contribution is 2.10. The third kappa shape index (κ3) is 10.4. The fourth-order valence-electron chi connectivity index (χ4n) is 2.48. The lowest BCUT2D eigenvalue weighted by atomic mass is 9.97. The summed E-state index contributed by atoms with van der Waals surface area (Å²) in [6.07, 6.45) is -0.944. The van der Waals surface area contributed by atoms with Crippen LogP contribution < -0.4 is 21.7 Å². The Labute approximate surface area is 189 Å². The predicted molar refractivity (Wildman–Crippen MR) is 114 cm³/mol. The molecule has 14 heteroatoms. The van der Waals surface area contributed by atoms with Crippen LogP contribution in [0.3, 0.4) is 0 Å². The molecule has 5 unspecified atom stereocenters. The number of carboxylic acid groups (broad SMARTS) is 3. The van der Waals surface area contributed by atoms with Gasteiger partial charge in [-0.3, -0.25) is 24.0 Å². The van der Waals surface area contributed by atoms with E-state index in [2.05, 4.69) is 28.6 Å². The number of thiol groups is 1. The zero-order valence-corrected chi connectivity index (χ0v) is 18.6. The molecule has 0 aromatic carbocycles. The van der Waals surface area contributed by atoms with E-state index < -0.39 is 72.1 Å². The van der Waals surface area contributed by atoms with Gasteiger partial charge in [0.05, 0.1) is 12.5 Å². The Bertz CT molecular complexity index is 719. The lowest BCUT2D eigenvalue weighted by molar-refractivity contribution is -0.143. The molecule has 13 nitrogen and oxygen atoms in total. The number of carboxylic acids is 3. The lowest BCUT2D eigenvalue weighted by Gasteiger charge is -2.27. The Balaban J connectivity index is 5.46. The van der Waals surface area contributed by atoms with Crippen molar-refractivity contribution in [1.29, 1.82) is 0 Å². The summed E-state index contributed by atoms with van der Waals surface area (Å²) in [5, 5.41) is 33.5. The molecule has 0 aromatic rings. The van der Waals surface area contributed by atoms with Crippen molar-refractivity contribution < 1.29 is 44.1 Å². The fourth-order valence-corrected chi connectivity index (χ4v) is 2.72. The van der Waals surface area contributed by atoms with Crippen LogP contribution in [-0.2, 0) is 28.8 Å². The first kappa shape index (κ1) is 29.1. The Morgan fingerprint density at radius 3 is 1.88 bits per heavy atom. The fraction of sp³-hybridized carbons (Fsp3) is 0.667. The third-order valence-corrected chi connectivity index (χ3v) is 4.97. The molecule has 0 spiro atoms. The van der Waals surface area contributed by atoms with Gasteiger partial charge in [-0.15, -0.1) is 0 Å². The van der Waals surface area contributed by atoms with Crippen molar-refractivity contribution in [3.63, 3.8) is 0 Å². The Hall–Kier alpha value is -2.87. The average Bonchev–Trinajstić information content (AvgIpc) is 2.71. The van der Waals surface area contributed by atoms with E-state index in [4.69, 9.17) is 21.1 Å². The van der Waals surface area contributed by atoms with Gasteiger partial charge in [0.15, 0.2) is 0 Å². The van der Waals surface area contributed by atoms with Crippen molar-refractivity contribution in [1.82, 2.24) is 16.0 Å². The highest BCUT2D eigenvalue weighted by atomic mass is 32.1. The first-order valence-electron chi connectivity index (χ1n) is 9.77. The minimum absolute atomic E-state index is 0.166. The summed E-state index contributed by atoms with van der Waals surface area (Å²) < 4.78 is 0. The van der Waals surface area contributed by atoms with Gasteiger partial charge in [0, 0.05) is 12.2 Å². The molecule has 0 aliphatic carbocycles. The summed E-state index contributed by atoms with van der Waals surface area (Å²) in [5.41, 5.74) is 5.66. The van der Waals surface area contributed by atoms with Crippen LogP contribution in [0.5, 0.6) is 0 Å². The van der Waals surface area contributed by atoms with Gasteiger partial charge in [-0.1, -0.05) is 20.3 Å². The van der Waals surface area contributed by atoms with Crippen molar-refractivity contribution in [2.45, 2.75) is 63.7 Å². The number of amides is 3. The molecule has 5 atom stereocenters. The normalized spacial score (nSPS) is 15.4. The zero-order chi connectivity index (χ0) is 25.0. The minimum Gasteiger partial charge on any atom is -0.481 e. The van der Waals surface area contributed by atoms with Crippen LogP contribution in [0.25, 0.3) is 0 Å². The van der Waals surface area contributed by atoms with E-state index >= 15 is 0 Å². The first-order chi connectivity index (χ1) is 14.8. The second-order valence-corrected chi connectivity index (χ2v) is 7.52. The van der Waals surface area contributed by atoms with Crippen LogP contribution in [0.4, 0.5) is 0 Å². The van der Waals surface area contributed by atoms with Crippen molar-refractivity contribution >= 4 is 48.3 Å². The topological polar surface area (TPSA) is 225 Å². The van der Waals surface area contributed by atoms with Crippen molar-refractivity contribution in [3.05, 3.63) is 0 Å². The Morgan fingerprint density at radius 2 is 1.44 bits per heavy atom. The number of aliphatic carboxylic acids is 3. The van der Waals surface area contributed by atoms with Gasteiger partial charge >= 0.3 is 17.9 Å². The molecule has 0 rings (SSSR count). The summed E-state index contributed by atoms with van der Waals surface area (Å²) in [7, 11) is 0. The summed E-state index contributed by atoms with van der Waals surface area (Å²) in [5.74, 6) is -7.40. The van der Waals surface area contributed by atoms with Gasteiger partial charge in [-0.05, 0) is 12.3 Å². The van der Waals surface area contributed by atoms with E-state index in [1.165, 1.54) is 0 Å². The summed E-state index contributed by atoms with van der Waals surface area (Å²) in [6, 6.07) is -5.43. The largest absolute Gasteiger partial charge is 0.481 e. The smallest absolute Gasteiger partial charge is 0.327 e. The van der Waals surface area contributed by atoms with E-state index in [-0.39, 0.29) is 18.6 Å². The van der Waals surface area contributed by atoms with Crippen LogP contribution in [-0.4, -0.2) is 80.9 Å². The first-order valence-corrected chi connectivity index (χ1v) is 10.4. The Morgan fingerprint density at radius 1 is 0.875 bits per heavy atom. The molecular weight excluding hydrogens is 448 g/mol. The molecule has 182 valence electrons. The molecule has 0 aliphatic heterocycles. The monoisotopic (exact) mass is 478 g/mol. The maximum atomic E-state index is 12.8. The summed E-state index contributed by atoms with van der Waals surface area (Å²) in [4.78, 5) is 70.3. The molecule has 0 saturated carbocycles. The maximum absolute atomic E-state index is 12.8. The SMILES string of the molecule is CCC(C)C(NC(=O)C(N)CCC(=O)O)C(=O)NC(CC(=O)O)C(=O)NC(CS)C(=O)O. The van der Waals surface area contributed by atoms with Crippen molar-refractivity contribution in [3.8, 4) is 0 Å². The Kier molecular flexibility index (Phi) is 13.0. The number of carbonyl (C=O) groups is 6. The number of nitrogens with one attached hydrogen (secondary N) is 3. The number of hydrogen-bond donors (Lipinski definition) is 8.